The second-order valence-electron chi connectivity index (χ2n) is 5.17. The Morgan fingerprint density at radius 3 is 2.74 bits per heavy atom. The molecule has 1 fully saturated rings. The standard InChI is InChI=1S/C13H19ClN4S/c1-9(2)18(8-10-3-5-16-6-4-10)13-17-12(14)11(7-15)19-13/h9-10,16H,3-6,8H2,1-2H3. The Morgan fingerprint density at radius 2 is 2.21 bits per heavy atom. The van der Waals surface area contributed by atoms with Crippen LogP contribution < -0.4 is 10.2 Å². The lowest BCUT2D eigenvalue weighted by atomic mass is 9.97. The van der Waals surface area contributed by atoms with E-state index in [1.54, 1.807) is 0 Å². The Bertz CT molecular complexity index is 460. The maximum Gasteiger partial charge on any atom is 0.188 e. The van der Waals surface area contributed by atoms with Crippen molar-refractivity contribution in [3.05, 3.63) is 10.0 Å². The summed E-state index contributed by atoms with van der Waals surface area (Å²) in [5, 5.41) is 13.6. The molecule has 0 amide bonds. The Kier molecular flexibility index (Phi) is 5.03. The molecule has 0 aliphatic carbocycles. The Balaban J connectivity index is 2.12. The van der Waals surface area contributed by atoms with Gasteiger partial charge < -0.3 is 10.2 Å². The van der Waals surface area contributed by atoms with Gasteiger partial charge in [-0.25, -0.2) is 4.98 Å². The van der Waals surface area contributed by atoms with E-state index < -0.39 is 0 Å². The number of hydrogen-bond acceptors (Lipinski definition) is 5. The minimum Gasteiger partial charge on any atom is -0.345 e. The van der Waals surface area contributed by atoms with Crippen LogP contribution in [0.15, 0.2) is 0 Å². The van der Waals surface area contributed by atoms with Crippen LogP contribution >= 0.6 is 22.9 Å². The van der Waals surface area contributed by atoms with Crippen molar-refractivity contribution in [2.24, 2.45) is 5.92 Å². The number of piperidine rings is 1. The molecule has 1 saturated heterocycles. The first-order valence-corrected chi connectivity index (χ1v) is 7.85. The quantitative estimate of drug-likeness (QED) is 0.928. The number of hydrogen-bond donors (Lipinski definition) is 1. The Labute approximate surface area is 123 Å². The highest BCUT2D eigenvalue weighted by Crippen LogP contribution is 2.31. The highest BCUT2D eigenvalue weighted by molar-refractivity contribution is 7.16. The zero-order valence-corrected chi connectivity index (χ0v) is 12.9. The predicted octanol–water partition coefficient (Wildman–Crippen LogP) is 2.88. The molecular formula is C13H19ClN4S. The largest absolute Gasteiger partial charge is 0.345 e. The molecule has 1 aliphatic heterocycles. The molecule has 0 atom stereocenters. The van der Waals surface area contributed by atoms with E-state index in [9.17, 15) is 0 Å². The van der Waals surface area contributed by atoms with Crippen molar-refractivity contribution in [1.29, 1.82) is 5.26 Å². The molecule has 0 bridgehead atoms. The number of aromatic nitrogens is 1. The summed E-state index contributed by atoms with van der Waals surface area (Å²) < 4.78 is 0. The molecule has 2 rings (SSSR count). The van der Waals surface area contributed by atoms with Gasteiger partial charge in [-0.05, 0) is 45.7 Å². The van der Waals surface area contributed by atoms with Crippen molar-refractivity contribution in [3.63, 3.8) is 0 Å². The molecule has 0 unspecified atom stereocenters. The van der Waals surface area contributed by atoms with Crippen molar-refractivity contribution in [1.82, 2.24) is 10.3 Å². The van der Waals surface area contributed by atoms with Crippen LogP contribution in [0, 0.1) is 17.2 Å². The SMILES string of the molecule is CC(C)N(CC1CCNCC1)c1nc(Cl)c(C#N)s1. The average molecular weight is 299 g/mol. The Hall–Kier alpha value is -0.830. The van der Waals surface area contributed by atoms with E-state index in [1.165, 1.54) is 24.2 Å². The van der Waals surface area contributed by atoms with Gasteiger partial charge in [-0.3, -0.25) is 0 Å². The van der Waals surface area contributed by atoms with Gasteiger partial charge in [0.15, 0.2) is 10.3 Å². The molecule has 2 heterocycles. The molecule has 104 valence electrons. The smallest absolute Gasteiger partial charge is 0.188 e. The number of anilines is 1. The fourth-order valence-corrected chi connectivity index (χ4v) is 3.52. The average Bonchev–Trinajstić information content (AvgIpc) is 2.77. The first-order chi connectivity index (χ1) is 9.11. The van der Waals surface area contributed by atoms with Crippen LogP contribution in [-0.4, -0.2) is 30.7 Å². The van der Waals surface area contributed by atoms with Crippen molar-refractivity contribution in [2.75, 3.05) is 24.5 Å². The zero-order chi connectivity index (χ0) is 13.8. The highest BCUT2D eigenvalue weighted by Gasteiger charge is 2.22. The van der Waals surface area contributed by atoms with E-state index in [0.29, 0.717) is 22.0 Å². The number of nitrogens with one attached hydrogen (secondary N) is 1. The molecule has 1 aliphatic rings. The van der Waals surface area contributed by atoms with Gasteiger partial charge in [0.05, 0.1) is 0 Å². The number of halogens is 1. The molecule has 0 spiro atoms. The molecule has 1 N–H and O–H groups in total. The lowest BCUT2D eigenvalue weighted by Gasteiger charge is -2.32. The molecule has 0 saturated carbocycles. The van der Waals surface area contributed by atoms with Crippen LogP contribution in [0.1, 0.15) is 31.6 Å². The van der Waals surface area contributed by atoms with Crippen LogP contribution in [-0.2, 0) is 0 Å². The second kappa shape index (κ2) is 6.56. The predicted molar refractivity (Wildman–Crippen MR) is 79.9 cm³/mol. The van der Waals surface area contributed by atoms with Gasteiger partial charge >= 0.3 is 0 Å². The summed E-state index contributed by atoms with van der Waals surface area (Å²) in [6.45, 7) is 7.50. The van der Waals surface area contributed by atoms with Crippen LogP contribution in [0.5, 0.6) is 0 Å². The number of thiazole rings is 1. The first kappa shape index (κ1) is 14.6. The summed E-state index contributed by atoms with van der Waals surface area (Å²) >= 11 is 7.37. The summed E-state index contributed by atoms with van der Waals surface area (Å²) in [4.78, 5) is 7.12. The molecule has 6 heteroatoms. The molecule has 0 aromatic carbocycles. The lowest BCUT2D eigenvalue weighted by molar-refractivity contribution is 0.367. The lowest BCUT2D eigenvalue weighted by Crippen LogP contribution is -2.39. The molecule has 1 aromatic rings. The second-order valence-corrected chi connectivity index (χ2v) is 6.50. The fraction of sp³-hybridized carbons (Fsp3) is 0.692. The van der Waals surface area contributed by atoms with Gasteiger partial charge in [-0.15, -0.1) is 0 Å². The summed E-state index contributed by atoms with van der Waals surface area (Å²) in [7, 11) is 0. The van der Waals surface area contributed by atoms with Crippen LogP contribution in [0.25, 0.3) is 0 Å². The third-order valence-corrected chi connectivity index (χ3v) is 4.84. The van der Waals surface area contributed by atoms with Crippen LogP contribution in [0.2, 0.25) is 5.15 Å². The highest BCUT2D eigenvalue weighted by atomic mass is 35.5. The summed E-state index contributed by atoms with van der Waals surface area (Å²) in [5.41, 5.74) is 0. The summed E-state index contributed by atoms with van der Waals surface area (Å²) in [6, 6.07) is 2.46. The number of rotatable bonds is 4. The maximum absolute atomic E-state index is 8.98. The number of nitrogens with zero attached hydrogens (tertiary/aromatic N) is 3. The van der Waals surface area contributed by atoms with Gasteiger partial charge in [-0.2, -0.15) is 5.26 Å². The van der Waals surface area contributed by atoms with Crippen molar-refractivity contribution in [3.8, 4) is 6.07 Å². The van der Waals surface area contributed by atoms with Gasteiger partial charge in [0.2, 0.25) is 0 Å². The van der Waals surface area contributed by atoms with E-state index in [4.69, 9.17) is 16.9 Å². The molecule has 4 nitrogen and oxygen atoms in total. The fourth-order valence-electron chi connectivity index (χ4n) is 2.34. The van der Waals surface area contributed by atoms with Gasteiger partial charge in [0.1, 0.15) is 10.9 Å². The monoisotopic (exact) mass is 298 g/mol. The van der Waals surface area contributed by atoms with Crippen LogP contribution in [0.4, 0.5) is 5.13 Å². The minimum atomic E-state index is 0.332. The molecular weight excluding hydrogens is 280 g/mol. The normalized spacial score (nSPS) is 16.6. The molecule has 19 heavy (non-hydrogen) atoms. The first-order valence-electron chi connectivity index (χ1n) is 6.65. The molecule has 0 radical (unpaired) electrons. The van der Waals surface area contributed by atoms with Gasteiger partial charge in [0, 0.05) is 12.6 Å². The maximum atomic E-state index is 8.98. The molecule has 1 aromatic heterocycles. The third kappa shape index (κ3) is 3.59. The van der Waals surface area contributed by atoms with E-state index in [2.05, 4.69) is 35.1 Å². The van der Waals surface area contributed by atoms with E-state index in [0.717, 1.165) is 24.8 Å². The Morgan fingerprint density at radius 1 is 1.53 bits per heavy atom. The van der Waals surface area contributed by atoms with Gasteiger partial charge in [-0.1, -0.05) is 22.9 Å². The zero-order valence-electron chi connectivity index (χ0n) is 11.3. The number of nitriles is 1. The van der Waals surface area contributed by atoms with Crippen molar-refractivity contribution < 1.29 is 0 Å². The van der Waals surface area contributed by atoms with E-state index in [1.807, 2.05) is 0 Å². The summed E-state index contributed by atoms with van der Waals surface area (Å²) in [5.74, 6) is 0.692. The van der Waals surface area contributed by atoms with E-state index >= 15 is 0 Å². The van der Waals surface area contributed by atoms with Crippen molar-refractivity contribution in [2.45, 2.75) is 32.7 Å². The minimum absolute atomic E-state index is 0.332. The summed E-state index contributed by atoms with van der Waals surface area (Å²) in [6.07, 6.45) is 2.40. The van der Waals surface area contributed by atoms with Gasteiger partial charge in [0.25, 0.3) is 0 Å². The van der Waals surface area contributed by atoms with Crippen molar-refractivity contribution >= 4 is 28.1 Å². The van der Waals surface area contributed by atoms with Crippen LogP contribution in [0.3, 0.4) is 0 Å². The topological polar surface area (TPSA) is 52.0 Å². The third-order valence-electron chi connectivity index (χ3n) is 3.46. The van der Waals surface area contributed by atoms with E-state index in [-0.39, 0.29) is 0 Å².